The maximum Gasteiger partial charge on any atom is 0.229 e. The largest absolute Gasteiger partial charge is 0.396 e. The van der Waals surface area contributed by atoms with E-state index >= 15 is 0 Å². The van der Waals surface area contributed by atoms with Crippen molar-refractivity contribution in [2.75, 3.05) is 26.7 Å². The van der Waals surface area contributed by atoms with Gasteiger partial charge in [-0.05, 0) is 33.0 Å². The lowest BCUT2D eigenvalue weighted by Gasteiger charge is -2.26. The molecule has 1 aliphatic rings. The SMILES string of the molecule is CN1CCC(c2nc(CCO)no2)CC1. The van der Waals surface area contributed by atoms with E-state index in [9.17, 15) is 0 Å². The van der Waals surface area contributed by atoms with Crippen molar-refractivity contribution >= 4 is 0 Å². The van der Waals surface area contributed by atoms with Gasteiger partial charge in [0.25, 0.3) is 0 Å². The summed E-state index contributed by atoms with van der Waals surface area (Å²) in [6.07, 6.45) is 2.64. The van der Waals surface area contributed by atoms with Gasteiger partial charge in [0.15, 0.2) is 5.82 Å². The van der Waals surface area contributed by atoms with Gasteiger partial charge in [0.1, 0.15) is 0 Å². The van der Waals surface area contributed by atoms with Crippen LogP contribution in [0.15, 0.2) is 4.52 Å². The highest BCUT2D eigenvalue weighted by Crippen LogP contribution is 2.25. The number of aromatic nitrogens is 2. The molecule has 1 N–H and O–H groups in total. The van der Waals surface area contributed by atoms with Crippen LogP contribution in [0.4, 0.5) is 0 Å². The monoisotopic (exact) mass is 211 g/mol. The average molecular weight is 211 g/mol. The molecule has 0 aliphatic carbocycles. The smallest absolute Gasteiger partial charge is 0.229 e. The lowest BCUT2D eigenvalue weighted by molar-refractivity contribution is 0.227. The van der Waals surface area contributed by atoms with Gasteiger partial charge in [0.2, 0.25) is 5.89 Å². The molecule has 1 saturated heterocycles. The summed E-state index contributed by atoms with van der Waals surface area (Å²) in [6, 6.07) is 0. The lowest BCUT2D eigenvalue weighted by atomic mass is 9.97. The van der Waals surface area contributed by atoms with Gasteiger partial charge in [0, 0.05) is 12.3 Å². The summed E-state index contributed by atoms with van der Waals surface area (Å²) in [5.74, 6) is 1.76. The Labute approximate surface area is 89.1 Å². The minimum atomic E-state index is 0.0758. The van der Waals surface area contributed by atoms with Crippen molar-refractivity contribution in [2.45, 2.75) is 25.2 Å². The van der Waals surface area contributed by atoms with Crippen molar-refractivity contribution < 1.29 is 9.63 Å². The molecule has 0 atom stereocenters. The van der Waals surface area contributed by atoms with Crippen molar-refractivity contribution in [1.82, 2.24) is 15.0 Å². The summed E-state index contributed by atoms with van der Waals surface area (Å²) in [4.78, 5) is 6.60. The van der Waals surface area contributed by atoms with E-state index in [0.717, 1.165) is 31.8 Å². The van der Waals surface area contributed by atoms with Gasteiger partial charge in [-0.3, -0.25) is 0 Å². The maximum atomic E-state index is 8.75. The molecule has 0 radical (unpaired) electrons. The van der Waals surface area contributed by atoms with Gasteiger partial charge in [0.05, 0.1) is 6.61 Å². The van der Waals surface area contributed by atoms with Crippen LogP contribution in [-0.4, -0.2) is 46.9 Å². The molecular formula is C10H17N3O2. The van der Waals surface area contributed by atoms with Gasteiger partial charge in [-0.15, -0.1) is 0 Å². The lowest BCUT2D eigenvalue weighted by Crippen LogP contribution is -2.29. The highest BCUT2D eigenvalue weighted by molar-refractivity contribution is 4.96. The normalized spacial score (nSPS) is 19.6. The van der Waals surface area contributed by atoms with Crippen LogP contribution in [0.1, 0.15) is 30.5 Å². The van der Waals surface area contributed by atoms with E-state index < -0.39 is 0 Å². The molecule has 2 heterocycles. The first-order valence-electron chi connectivity index (χ1n) is 5.41. The molecule has 0 unspecified atom stereocenters. The van der Waals surface area contributed by atoms with Crippen LogP contribution < -0.4 is 0 Å². The van der Waals surface area contributed by atoms with E-state index in [0.29, 0.717) is 18.2 Å². The van der Waals surface area contributed by atoms with Crippen molar-refractivity contribution in [2.24, 2.45) is 0 Å². The van der Waals surface area contributed by atoms with Crippen molar-refractivity contribution in [3.63, 3.8) is 0 Å². The van der Waals surface area contributed by atoms with Gasteiger partial charge >= 0.3 is 0 Å². The second-order valence-electron chi connectivity index (χ2n) is 4.10. The van der Waals surface area contributed by atoms with Crippen molar-refractivity contribution in [3.8, 4) is 0 Å². The minimum Gasteiger partial charge on any atom is -0.396 e. The molecule has 15 heavy (non-hydrogen) atoms. The fourth-order valence-corrected chi connectivity index (χ4v) is 1.89. The van der Waals surface area contributed by atoms with Crippen molar-refractivity contribution in [1.29, 1.82) is 0 Å². The number of hydrogen-bond donors (Lipinski definition) is 1. The number of piperidine rings is 1. The van der Waals surface area contributed by atoms with Crippen LogP contribution in [0.3, 0.4) is 0 Å². The van der Waals surface area contributed by atoms with E-state index in [-0.39, 0.29) is 6.61 Å². The summed E-state index contributed by atoms with van der Waals surface area (Å²) in [5, 5.41) is 12.6. The molecule has 1 fully saturated rings. The molecule has 0 amide bonds. The Morgan fingerprint density at radius 1 is 1.47 bits per heavy atom. The number of nitrogens with zero attached hydrogens (tertiary/aromatic N) is 3. The van der Waals surface area contributed by atoms with E-state index in [2.05, 4.69) is 22.1 Å². The Bertz CT molecular complexity index is 305. The number of rotatable bonds is 3. The van der Waals surface area contributed by atoms with E-state index in [1.807, 2.05) is 0 Å². The van der Waals surface area contributed by atoms with Gasteiger partial charge in [-0.1, -0.05) is 5.16 Å². The van der Waals surface area contributed by atoms with E-state index in [4.69, 9.17) is 9.63 Å². The topological polar surface area (TPSA) is 62.4 Å². The summed E-state index contributed by atoms with van der Waals surface area (Å²) in [7, 11) is 2.13. The van der Waals surface area contributed by atoms with Gasteiger partial charge < -0.3 is 14.5 Å². The average Bonchev–Trinajstić information content (AvgIpc) is 2.68. The maximum absolute atomic E-state index is 8.75. The predicted molar refractivity (Wildman–Crippen MR) is 54.6 cm³/mol. The number of aliphatic hydroxyl groups is 1. The molecule has 0 aromatic carbocycles. The molecule has 0 saturated carbocycles. The molecule has 0 bridgehead atoms. The number of hydrogen-bond acceptors (Lipinski definition) is 5. The quantitative estimate of drug-likeness (QED) is 0.784. The summed E-state index contributed by atoms with van der Waals surface area (Å²) in [5.41, 5.74) is 0. The third kappa shape index (κ3) is 2.54. The Hall–Kier alpha value is -0.940. The Morgan fingerprint density at radius 2 is 2.20 bits per heavy atom. The molecule has 2 rings (SSSR count). The molecule has 1 aromatic heterocycles. The Balaban J connectivity index is 1.96. The third-order valence-corrected chi connectivity index (χ3v) is 2.89. The fraction of sp³-hybridized carbons (Fsp3) is 0.800. The highest BCUT2D eigenvalue weighted by Gasteiger charge is 2.23. The van der Waals surface area contributed by atoms with Crippen molar-refractivity contribution in [3.05, 3.63) is 11.7 Å². The molecule has 84 valence electrons. The third-order valence-electron chi connectivity index (χ3n) is 2.89. The first kappa shape index (κ1) is 10.6. The zero-order valence-corrected chi connectivity index (χ0v) is 9.02. The molecule has 1 aromatic rings. The first-order chi connectivity index (χ1) is 7.29. The van der Waals surface area contributed by atoms with E-state index in [1.165, 1.54) is 0 Å². The standard InChI is InChI=1S/C10H17N3O2/c1-13-5-2-8(3-6-13)10-11-9(4-7-14)12-15-10/h8,14H,2-7H2,1H3. The van der Waals surface area contributed by atoms with Crippen LogP contribution in [0, 0.1) is 0 Å². The Kier molecular flexibility index (Phi) is 3.33. The van der Waals surface area contributed by atoms with Crippen LogP contribution in [0.2, 0.25) is 0 Å². The second-order valence-corrected chi connectivity index (χ2v) is 4.10. The summed E-state index contributed by atoms with van der Waals surface area (Å²) < 4.78 is 5.20. The zero-order valence-electron chi connectivity index (χ0n) is 9.02. The van der Waals surface area contributed by atoms with Crippen LogP contribution >= 0.6 is 0 Å². The predicted octanol–water partition coefficient (Wildman–Crippen LogP) is 0.414. The molecule has 5 heteroatoms. The van der Waals surface area contributed by atoms with Crippen LogP contribution in [-0.2, 0) is 6.42 Å². The first-order valence-corrected chi connectivity index (χ1v) is 5.41. The fourth-order valence-electron chi connectivity index (χ4n) is 1.89. The van der Waals surface area contributed by atoms with Crippen LogP contribution in [0.5, 0.6) is 0 Å². The number of likely N-dealkylation sites (tertiary alicyclic amines) is 1. The summed E-state index contributed by atoms with van der Waals surface area (Å²) in [6.45, 7) is 2.25. The van der Waals surface area contributed by atoms with Crippen LogP contribution in [0.25, 0.3) is 0 Å². The highest BCUT2D eigenvalue weighted by atomic mass is 16.5. The molecule has 5 nitrogen and oxygen atoms in total. The summed E-state index contributed by atoms with van der Waals surface area (Å²) >= 11 is 0. The zero-order chi connectivity index (χ0) is 10.7. The molecule has 0 spiro atoms. The number of aliphatic hydroxyl groups excluding tert-OH is 1. The van der Waals surface area contributed by atoms with Gasteiger partial charge in [-0.25, -0.2) is 0 Å². The minimum absolute atomic E-state index is 0.0758. The second kappa shape index (κ2) is 4.72. The van der Waals surface area contributed by atoms with E-state index in [1.54, 1.807) is 0 Å². The molecular weight excluding hydrogens is 194 g/mol. The Morgan fingerprint density at radius 3 is 2.87 bits per heavy atom. The van der Waals surface area contributed by atoms with Gasteiger partial charge in [-0.2, -0.15) is 4.98 Å². The molecule has 1 aliphatic heterocycles.